The van der Waals surface area contributed by atoms with Crippen molar-refractivity contribution in [3.63, 3.8) is 0 Å². The van der Waals surface area contributed by atoms with E-state index in [-0.39, 0.29) is 0 Å². The minimum absolute atomic E-state index is 1.05. The van der Waals surface area contributed by atoms with E-state index in [9.17, 15) is 0 Å². The zero-order chi connectivity index (χ0) is 21.1. The lowest BCUT2D eigenvalue weighted by Gasteiger charge is -2.16. The van der Waals surface area contributed by atoms with Crippen LogP contribution in [0.3, 0.4) is 0 Å². The summed E-state index contributed by atoms with van der Waals surface area (Å²) in [7, 11) is 0. The molecule has 4 aromatic carbocycles. The van der Waals surface area contributed by atoms with Gasteiger partial charge in [-0.2, -0.15) is 0 Å². The molecule has 0 aliphatic heterocycles. The fourth-order valence-electron chi connectivity index (χ4n) is 5.42. The molecule has 1 aliphatic rings. The monoisotopic (exact) mass is 410 g/mol. The summed E-state index contributed by atoms with van der Waals surface area (Å²) >= 11 is 0. The Morgan fingerprint density at radius 2 is 1.12 bits per heavy atom. The Hall–Kier alpha value is -4.04. The summed E-state index contributed by atoms with van der Waals surface area (Å²) in [5.41, 5.74) is 7.65. The SMILES string of the molecule is C1=CCCC(n2c3ccccc3c3ccc4c5ccccc5n(-c5ccccc5)c4c32)=C1. The summed E-state index contributed by atoms with van der Waals surface area (Å²) in [6, 6.07) is 33.0. The van der Waals surface area contributed by atoms with Gasteiger partial charge in [0.05, 0.1) is 22.1 Å². The molecule has 6 aromatic rings. The van der Waals surface area contributed by atoms with E-state index in [1.54, 1.807) is 0 Å². The van der Waals surface area contributed by atoms with Gasteiger partial charge in [0.2, 0.25) is 0 Å². The van der Waals surface area contributed by atoms with Crippen LogP contribution in [0.25, 0.3) is 55.0 Å². The highest BCUT2D eigenvalue weighted by atomic mass is 15.0. The quantitative estimate of drug-likeness (QED) is 0.273. The molecule has 0 unspecified atom stereocenters. The van der Waals surface area contributed by atoms with Crippen LogP contribution in [0.4, 0.5) is 0 Å². The Morgan fingerprint density at radius 1 is 0.531 bits per heavy atom. The summed E-state index contributed by atoms with van der Waals surface area (Å²) in [5, 5.41) is 5.21. The van der Waals surface area contributed by atoms with Crippen LogP contribution in [0.2, 0.25) is 0 Å². The highest BCUT2D eigenvalue weighted by Crippen LogP contribution is 2.42. The van der Waals surface area contributed by atoms with Crippen molar-refractivity contribution in [3.8, 4) is 5.69 Å². The van der Waals surface area contributed by atoms with E-state index in [1.807, 2.05) is 0 Å². The molecule has 2 nitrogen and oxygen atoms in total. The molecule has 2 heteroatoms. The molecule has 0 fully saturated rings. The number of rotatable bonds is 2. The van der Waals surface area contributed by atoms with Gasteiger partial charge in [-0.3, -0.25) is 0 Å². The van der Waals surface area contributed by atoms with E-state index >= 15 is 0 Å². The van der Waals surface area contributed by atoms with Crippen molar-refractivity contribution in [3.05, 3.63) is 109 Å². The predicted octanol–water partition coefficient (Wildman–Crippen LogP) is 8.08. The topological polar surface area (TPSA) is 9.86 Å². The Bertz CT molecular complexity index is 1710. The van der Waals surface area contributed by atoms with Gasteiger partial charge in [-0.15, -0.1) is 0 Å². The van der Waals surface area contributed by atoms with Crippen molar-refractivity contribution in [2.75, 3.05) is 0 Å². The second-order valence-corrected chi connectivity index (χ2v) is 8.52. The maximum atomic E-state index is 2.51. The third-order valence-electron chi connectivity index (χ3n) is 6.76. The van der Waals surface area contributed by atoms with Gasteiger partial charge in [0.15, 0.2) is 0 Å². The average molecular weight is 411 g/mol. The summed E-state index contributed by atoms with van der Waals surface area (Å²) in [6.07, 6.45) is 8.87. The third-order valence-corrected chi connectivity index (χ3v) is 6.76. The van der Waals surface area contributed by atoms with Crippen LogP contribution < -0.4 is 0 Å². The molecule has 2 heterocycles. The van der Waals surface area contributed by atoms with Gasteiger partial charge in [-0.05, 0) is 43.2 Å². The van der Waals surface area contributed by atoms with E-state index in [0.717, 1.165) is 12.8 Å². The molecule has 0 spiro atoms. The van der Waals surface area contributed by atoms with E-state index < -0.39 is 0 Å². The first kappa shape index (κ1) is 17.6. The normalized spacial score (nSPS) is 14.1. The second-order valence-electron chi connectivity index (χ2n) is 8.52. The summed E-state index contributed by atoms with van der Waals surface area (Å²) in [5.74, 6) is 0. The predicted molar refractivity (Wildman–Crippen MR) is 136 cm³/mol. The number of aromatic nitrogens is 2. The number of hydrogen-bond acceptors (Lipinski definition) is 0. The average Bonchev–Trinajstić information content (AvgIpc) is 3.38. The minimum atomic E-state index is 1.05. The van der Waals surface area contributed by atoms with Crippen LogP contribution in [0.1, 0.15) is 12.8 Å². The molecule has 0 N–H and O–H groups in total. The van der Waals surface area contributed by atoms with Gasteiger partial charge in [-0.25, -0.2) is 0 Å². The lowest BCUT2D eigenvalue weighted by molar-refractivity contribution is 0.979. The van der Waals surface area contributed by atoms with Gasteiger partial charge in [0, 0.05) is 32.9 Å². The first-order chi connectivity index (χ1) is 15.9. The van der Waals surface area contributed by atoms with Crippen LogP contribution in [-0.4, -0.2) is 9.13 Å². The first-order valence-electron chi connectivity index (χ1n) is 11.3. The zero-order valence-corrected chi connectivity index (χ0v) is 17.7. The van der Waals surface area contributed by atoms with Gasteiger partial charge < -0.3 is 9.13 Å². The number of fused-ring (bicyclic) bond motifs is 7. The molecular weight excluding hydrogens is 388 g/mol. The molecule has 0 amide bonds. The number of allylic oxidation sites excluding steroid dienone is 4. The van der Waals surface area contributed by atoms with Crippen LogP contribution in [0.5, 0.6) is 0 Å². The lowest BCUT2D eigenvalue weighted by atomic mass is 10.1. The Labute approximate surface area is 186 Å². The number of hydrogen-bond donors (Lipinski definition) is 0. The van der Waals surface area contributed by atoms with Crippen molar-refractivity contribution in [1.82, 2.24) is 9.13 Å². The Morgan fingerprint density at radius 3 is 1.78 bits per heavy atom. The molecule has 0 radical (unpaired) electrons. The largest absolute Gasteiger partial charge is 0.311 e. The number of benzene rings is 4. The van der Waals surface area contributed by atoms with Crippen molar-refractivity contribution in [2.45, 2.75) is 12.8 Å². The maximum absolute atomic E-state index is 2.51. The lowest BCUT2D eigenvalue weighted by Crippen LogP contribution is -2.01. The van der Waals surface area contributed by atoms with Crippen molar-refractivity contribution >= 4 is 49.3 Å². The van der Waals surface area contributed by atoms with Gasteiger partial charge in [-0.1, -0.05) is 78.9 Å². The number of para-hydroxylation sites is 3. The Balaban J connectivity index is 1.78. The fraction of sp³-hybridized carbons (Fsp3) is 0.0667. The summed E-state index contributed by atoms with van der Waals surface area (Å²) in [4.78, 5) is 0. The first-order valence-corrected chi connectivity index (χ1v) is 11.3. The molecule has 0 saturated heterocycles. The van der Waals surface area contributed by atoms with Crippen LogP contribution in [0, 0.1) is 0 Å². The highest BCUT2D eigenvalue weighted by Gasteiger charge is 2.21. The maximum Gasteiger partial charge on any atom is 0.0788 e. The molecule has 0 atom stereocenters. The van der Waals surface area contributed by atoms with Gasteiger partial charge >= 0.3 is 0 Å². The molecule has 0 saturated carbocycles. The van der Waals surface area contributed by atoms with E-state index in [4.69, 9.17) is 0 Å². The zero-order valence-electron chi connectivity index (χ0n) is 17.7. The number of nitrogens with zero attached hydrogens (tertiary/aromatic N) is 2. The van der Waals surface area contributed by atoms with E-state index in [1.165, 1.54) is 55.0 Å². The molecule has 2 aromatic heterocycles. The van der Waals surface area contributed by atoms with Gasteiger partial charge in [0.1, 0.15) is 0 Å². The van der Waals surface area contributed by atoms with Crippen molar-refractivity contribution < 1.29 is 0 Å². The molecular formula is C30H22N2. The van der Waals surface area contributed by atoms with E-state index in [2.05, 4.69) is 118 Å². The van der Waals surface area contributed by atoms with Crippen molar-refractivity contribution in [2.24, 2.45) is 0 Å². The smallest absolute Gasteiger partial charge is 0.0788 e. The van der Waals surface area contributed by atoms with Crippen LogP contribution in [0.15, 0.2) is 109 Å². The standard InChI is InChI=1S/C30H22N2/c1-3-11-21(12-4-1)31-27-17-9-7-15-23(27)25-19-20-26-24-16-8-10-18-28(24)32(30(26)29(25)31)22-13-5-2-6-14-22/h1-5,7-13,15-20H,6,14H2. The van der Waals surface area contributed by atoms with Crippen LogP contribution in [-0.2, 0) is 0 Å². The third kappa shape index (κ3) is 2.35. The molecule has 152 valence electrons. The molecule has 1 aliphatic carbocycles. The van der Waals surface area contributed by atoms with E-state index in [0.29, 0.717) is 0 Å². The highest BCUT2D eigenvalue weighted by molar-refractivity contribution is 6.24. The Kier molecular flexibility index (Phi) is 3.71. The second kappa shape index (κ2) is 6.73. The van der Waals surface area contributed by atoms with Crippen molar-refractivity contribution in [1.29, 1.82) is 0 Å². The van der Waals surface area contributed by atoms with Crippen LogP contribution >= 0.6 is 0 Å². The van der Waals surface area contributed by atoms with Gasteiger partial charge in [0.25, 0.3) is 0 Å². The fourth-order valence-corrected chi connectivity index (χ4v) is 5.42. The molecule has 7 rings (SSSR count). The molecule has 0 bridgehead atoms. The summed E-state index contributed by atoms with van der Waals surface area (Å²) < 4.78 is 4.95. The summed E-state index contributed by atoms with van der Waals surface area (Å²) in [6.45, 7) is 0. The minimum Gasteiger partial charge on any atom is -0.311 e. The molecule has 32 heavy (non-hydrogen) atoms.